The monoisotopic (exact) mass is 424 g/mol. The average molecular weight is 424 g/mol. The molecule has 5 rings (SSSR count). The fourth-order valence-electron chi connectivity index (χ4n) is 3.69. The lowest BCUT2D eigenvalue weighted by atomic mass is 10.00. The van der Waals surface area contributed by atoms with Gasteiger partial charge in [0.2, 0.25) is 11.7 Å². The topological polar surface area (TPSA) is 141 Å². The van der Waals surface area contributed by atoms with Gasteiger partial charge in [0.15, 0.2) is 6.54 Å². The van der Waals surface area contributed by atoms with Crippen molar-refractivity contribution in [2.75, 3.05) is 33.7 Å². The first-order chi connectivity index (χ1) is 14.9. The van der Waals surface area contributed by atoms with E-state index in [-0.39, 0.29) is 18.4 Å². The summed E-state index contributed by atoms with van der Waals surface area (Å²) >= 11 is 0. The fourth-order valence-corrected chi connectivity index (χ4v) is 3.69. The quantitative estimate of drug-likeness (QED) is 0.557. The van der Waals surface area contributed by atoms with E-state index in [0.717, 1.165) is 4.90 Å². The lowest BCUT2D eigenvalue weighted by molar-refractivity contribution is -0.521. The molecule has 0 bridgehead atoms. The molecule has 158 valence electrons. The van der Waals surface area contributed by atoms with Crippen LogP contribution in [0.1, 0.15) is 11.8 Å². The summed E-state index contributed by atoms with van der Waals surface area (Å²) in [5.74, 6) is 0.474. The zero-order chi connectivity index (χ0) is 21.7. The molecule has 3 aliphatic rings. The van der Waals surface area contributed by atoms with Gasteiger partial charge in [0.1, 0.15) is 5.69 Å². The first-order valence-electron chi connectivity index (χ1n) is 9.54. The molecule has 0 radical (unpaired) electrons. The van der Waals surface area contributed by atoms with Crippen LogP contribution in [0.15, 0.2) is 28.1 Å². The minimum atomic E-state index is -0.779. The second-order valence-electron chi connectivity index (χ2n) is 7.46. The van der Waals surface area contributed by atoms with E-state index in [1.165, 1.54) is 18.3 Å². The molecule has 0 saturated carbocycles. The van der Waals surface area contributed by atoms with Crippen molar-refractivity contribution in [3.05, 3.63) is 24.5 Å². The maximum Gasteiger partial charge on any atom is 0.333 e. The molecule has 1 unspecified atom stereocenters. The third-order valence-corrected chi connectivity index (χ3v) is 5.53. The maximum absolute atomic E-state index is 12.7. The van der Waals surface area contributed by atoms with Gasteiger partial charge in [-0.25, -0.2) is 14.4 Å². The molecule has 13 heteroatoms. The molecule has 2 saturated heterocycles. The third-order valence-electron chi connectivity index (χ3n) is 5.53. The standard InChI is InChI=1S/C18H18N9O4/c1-24-15-13(17(29)25(2)18(24)30)27(9-21-15)8-12(28)26-6-10(7-26)16-22-14(23-31-16)11-5-19-3-4-20-11/h3-5,9-10,13H,6-8H2,1-2H3/q+1. The SMILES string of the molecule is CN1C(=O)C2C(=NC=[N+]2CC(=O)N2CC(c3nc(-c4cnccn4)no3)C2)N(C)C1=O. The van der Waals surface area contributed by atoms with E-state index in [1.54, 1.807) is 35.1 Å². The Balaban J connectivity index is 1.20. The minimum absolute atomic E-state index is 0.0271. The van der Waals surface area contributed by atoms with Gasteiger partial charge in [-0.3, -0.25) is 24.4 Å². The number of fused-ring (bicyclic) bond motifs is 1. The van der Waals surface area contributed by atoms with Gasteiger partial charge in [-0.15, -0.1) is 0 Å². The Kier molecular flexibility index (Phi) is 4.30. The molecule has 2 aromatic rings. The van der Waals surface area contributed by atoms with Crippen LogP contribution in [0.5, 0.6) is 0 Å². The molecule has 2 fully saturated rings. The number of urea groups is 1. The number of hydrogen-bond donors (Lipinski definition) is 0. The van der Waals surface area contributed by atoms with Crippen molar-refractivity contribution in [1.82, 2.24) is 34.8 Å². The molecule has 0 N–H and O–H groups in total. The summed E-state index contributed by atoms with van der Waals surface area (Å²) in [4.78, 5) is 57.9. The Morgan fingerprint density at radius 2 is 2.03 bits per heavy atom. The number of carbonyl (C=O) groups excluding carboxylic acids is 3. The van der Waals surface area contributed by atoms with E-state index in [1.807, 2.05) is 0 Å². The highest BCUT2D eigenvalue weighted by atomic mass is 16.5. The third kappa shape index (κ3) is 3.05. The second-order valence-corrected chi connectivity index (χ2v) is 7.46. The Morgan fingerprint density at radius 3 is 2.77 bits per heavy atom. The zero-order valence-electron chi connectivity index (χ0n) is 16.7. The Bertz CT molecular complexity index is 1140. The number of nitrogens with zero attached hydrogens (tertiary/aromatic N) is 9. The number of amides is 4. The molecule has 13 nitrogen and oxygen atoms in total. The van der Waals surface area contributed by atoms with Crippen molar-refractivity contribution < 1.29 is 23.5 Å². The first kappa shape index (κ1) is 19.0. The summed E-state index contributed by atoms with van der Waals surface area (Å²) in [7, 11) is 2.96. The number of carbonyl (C=O) groups is 3. The number of rotatable bonds is 4. The van der Waals surface area contributed by atoms with Crippen molar-refractivity contribution in [2.45, 2.75) is 12.0 Å². The van der Waals surface area contributed by atoms with Crippen LogP contribution in [0.2, 0.25) is 0 Å². The summed E-state index contributed by atoms with van der Waals surface area (Å²) in [6.07, 6.45) is 6.08. The van der Waals surface area contributed by atoms with Gasteiger partial charge in [0, 0.05) is 39.6 Å². The van der Waals surface area contributed by atoms with Crippen molar-refractivity contribution in [3.8, 4) is 11.5 Å². The van der Waals surface area contributed by atoms with Crippen LogP contribution in [0, 0.1) is 0 Å². The number of likely N-dealkylation sites (N-methyl/N-ethyl adjacent to an activating group) is 2. The van der Waals surface area contributed by atoms with Crippen LogP contribution in [-0.4, -0.2) is 109 Å². The van der Waals surface area contributed by atoms with Crippen LogP contribution in [0.4, 0.5) is 4.79 Å². The Morgan fingerprint density at radius 1 is 1.23 bits per heavy atom. The van der Waals surface area contributed by atoms with Crippen LogP contribution in [0.25, 0.3) is 11.5 Å². The van der Waals surface area contributed by atoms with Gasteiger partial charge < -0.3 is 9.42 Å². The van der Waals surface area contributed by atoms with Gasteiger partial charge in [-0.05, 0) is 4.99 Å². The number of aliphatic imine (C=N–C) groups is 1. The van der Waals surface area contributed by atoms with Crippen molar-refractivity contribution in [1.29, 1.82) is 0 Å². The van der Waals surface area contributed by atoms with Gasteiger partial charge in [-0.2, -0.15) is 4.98 Å². The molecule has 3 aliphatic heterocycles. The van der Waals surface area contributed by atoms with Gasteiger partial charge >= 0.3 is 6.03 Å². The number of aromatic nitrogens is 4. The zero-order valence-corrected chi connectivity index (χ0v) is 16.7. The second kappa shape index (κ2) is 7.04. The number of hydrogen-bond acceptors (Lipinski definition) is 9. The van der Waals surface area contributed by atoms with Crippen LogP contribution in [0.3, 0.4) is 0 Å². The molecule has 5 heterocycles. The average Bonchev–Trinajstić information content (AvgIpc) is 3.38. The molecule has 31 heavy (non-hydrogen) atoms. The van der Waals surface area contributed by atoms with Crippen LogP contribution in [-0.2, 0) is 9.59 Å². The summed E-state index contributed by atoms with van der Waals surface area (Å²) in [6.45, 7) is 0.833. The van der Waals surface area contributed by atoms with E-state index in [2.05, 4.69) is 25.1 Å². The lowest BCUT2D eigenvalue weighted by Crippen LogP contribution is -2.62. The van der Waals surface area contributed by atoms with E-state index in [0.29, 0.717) is 36.3 Å². The minimum Gasteiger partial charge on any atom is -0.338 e. The smallest absolute Gasteiger partial charge is 0.333 e. The molecule has 2 aromatic heterocycles. The predicted molar refractivity (Wildman–Crippen MR) is 103 cm³/mol. The first-order valence-corrected chi connectivity index (χ1v) is 9.54. The van der Waals surface area contributed by atoms with Crippen LogP contribution < -0.4 is 0 Å². The van der Waals surface area contributed by atoms with Crippen molar-refractivity contribution in [2.24, 2.45) is 4.99 Å². The van der Waals surface area contributed by atoms with E-state index in [4.69, 9.17) is 4.52 Å². The molecule has 1 atom stereocenters. The van der Waals surface area contributed by atoms with Crippen molar-refractivity contribution in [3.63, 3.8) is 0 Å². The molecule has 0 spiro atoms. The summed E-state index contributed by atoms with van der Waals surface area (Å²) in [5, 5.41) is 3.92. The van der Waals surface area contributed by atoms with Gasteiger partial charge in [0.25, 0.3) is 30.0 Å². The fraction of sp³-hybridized carbons (Fsp3) is 0.389. The van der Waals surface area contributed by atoms with E-state index >= 15 is 0 Å². The Labute approximate surface area is 175 Å². The number of amidine groups is 1. The van der Waals surface area contributed by atoms with Crippen molar-refractivity contribution >= 4 is 30.0 Å². The van der Waals surface area contributed by atoms with Gasteiger partial charge in [-0.1, -0.05) is 5.16 Å². The molecular formula is C18H18N9O4+. The normalized spacial score (nSPS) is 21.1. The summed E-state index contributed by atoms with van der Waals surface area (Å²) < 4.78 is 6.86. The van der Waals surface area contributed by atoms with E-state index in [9.17, 15) is 14.4 Å². The molecule has 0 aromatic carbocycles. The Hall–Kier alpha value is -4.03. The largest absolute Gasteiger partial charge is 0.338 e. The molecule has 0 aliphatic carbocycles. The maximum atomic E-state index is 12.7. The predicted octanol–water partition coefficient (Wildman–Crippen LogP) is -1.20. The molecular weight excluding hydrogens is 406 g/mol. The summed E-state index contributed by atoms with van der Waals surface area (Å²) in [6, 6.07) is -1.23. The van der Waals surface area contributed by atoms with Crippen LogP contribution >= 0.6 is 0 Å². The number of imide groups is 1. The number of likely N-dealkylation sites (tertiary alicyclic amines) is 1. The highest BCUT2D eigenvalue weighted by Crippen LogP contribution is 2.27. The lowest BCUT2D eigenvalue weighted by Gasteiger charge is -2.37. The summed E-state index contributed by atoms with van der Waals surface area (Å²) in [5.41, 5.74) is 0.510. The van der Waals surface area contributed by atoms with E-state index < -0.39 is 18.0 Å². The highest BCUT2D eigenvalue weighted by molar-refractivity contribution is 6.21. The highest BCUT2D eigenvalue weighted by Gasteiger charge is 2.51. The van der Waals surface area contributed by atoms with Gasteiger partial charge in [0.05, 0.1) is 12.1 Å². The molecule has 4 amide bonds.